The average Bonchev–Trinajstić information content (AvgIpc) is 2.42. The van der Waals surface area contributed by atoms with Crippen LogP contribution in [0.2, 0.25) is 0 Å². The van der Waals surface area contributed by atoms with Gasteiger partial charge in [-0.1, -0.05) is 6.92 Å². The summed E-state index contributed by atoms with van der Waals surface area (Å²) in [4.78, 5) is 25.3. The zero-order valence-electron chi connectivity index (χ0n) is 11.8. The van der Waals surface area contributed by atoms with E-state index in [0.717, 1.165) is 32.5 Å². The highest BCUT2D eigenvalue weighted by Gasteiger charge is 2.21. The number of rotatable bonds is 6. The summed E-state index contributed by atoms with van der Waals surface area (Å²) >= 11 is 4.09. The standard InChI is InChI=1S/C13H25N3O2S/c1-3-16-6-4-11(5-7-16)8-14-13(18)12(9-19)15-10(2)17/h11-12,19H,3-9H2,1-2H3,(H,14,18)(H,15,17). The Balaban J connectivity index is 2.27. The lowest BCUT2D eigenvalue weighted by Crippen LogP contribution is -2.49. The molecule has 1 rings (SSSR count). The molecule has 1 heterocycles. The molecule has 110 valence electrons. The molecule has 2 N–H and O–H groups in total. The summed E-state index contributed by atoms with van der Waals surface area (Å²) in [5.41, 5.74) is 0. The molecule has 6 heteroatoms. The van der Waals surface area contributed by atoms with Crippen LogP contribution in [0.5, 0.6) is 0 Å². The fourth-order valence-corrected chi connectivity index (χ4v) is 2.57. The molecule has 1 atom stereocenters. The SMILES string of the molecule is CCN1CCC(CNC(=O)C(CS)NC(C)=O)CC1. The molecular formula is C13H25N3O2S. The van der Waals surface area contributed by atoms with E-state index in [1.807, 2.05) is 0 Å². The second-order valence-electron chi connectivity index (χ2n) is 5.06. The molecule has 1 aliphatic heterocycles. The van der Waals surface area contributed by atoms with Crippen LogP contribution < -0.4 is 10.6 Å². The number of carbonyl (C=O) groups is 2. The minimum atomic E-state index is -0.531. The molecule has 2 amide bonds. The number of hydrogen-bond acceptors (Lipinski definition) is 4. The van der Waals surface area contributed by atoms with Crippen molar-refractivity contribution >= 4 is 24.4 Å². The van der Waals surface area contributed by atoms with E-state index in [-0.39, 0.29) is 11.8 Å². The van der Waals surface area contributed by atoms with Gasteiger partial charge in [-0.3, -0.25) is 9.59 Å². The number of likely N-dealkylation sites (tertiary alicyclic amines) is 1. The fourth-order valence-electron chi connectivity index (χ4n) is 2.31. The predicted octanol–water partition coefficient (Wildman–Crippen LogP) is 0.269. The Bertz CT molecular complexity index is 304. The van der Waals surface area contributed by atoms with Crippen molar-refractivity contribution in [2.45, 2.75) is 32.7 Å². The second kappa shape index (κ2) is 8.43. The van der Waals surface area contributed by atoms with E-state index in [2.05, 4.69) is 35.1 Å². The smallest absolute Gasteiger partial charge is 0.243 e. The maximum absolute atomic E-state index is 11.9. The van der Waals surface area contributed by atoms with Gasteiger partial charge in [0, 0.05) is 19.2 Å². The highest BCUT2D eigenvalue weighted by atomic mass is 32.1. The maximum atomic E-state index is 11.9. The van der Waals surface area contributed by atoms with Crippen molar-refractivity contribution in [2.24, 2.45) is 5.92 Å². The Hall–Kier alpha value is -0.750. The van der Waals surface area contributed by atoms with Crippen molar-refractivity contribution in [2.75, 3.05) is 31.9 Å². The molecule has 1 saturated heterocycles. The van der Waals surface area contributed by atoms with Crippen molar-refractivity contribution in [3.8, 4) is 0 Å². The topological polar surface area (TPSA) is 61.4 Å². The Labute approximate surface area is 120 Å². The van der Waals surface area contributed by atoms with Gasteiger partial charge in [-0.05, 0) is 38.4 Å². The second-order valence-corrected chi connectivity index (χ2v) is 5.42. The van der Waals surface area contributed by atoms with E-state index in [4.69, 9.17) is 0 Å². The van der Waals surface area contributed by atoms with Crippen molar-refractivity contribution in [3.05, 3.63) is 0 Å². The first-order chi connectivity index (χ1) is 9.06. The zero-order chi connectivity index (χ0) is 14.3. The molecule has 0 aliphatic carbocycles. The monoisotopic (exact) mass is 287 g/mol. The van der Waals surface area contributed by atoms with Gasteiger partial charge in [0.15, 0.2) is 0 Å². The largest absolute Gasteiger partial charge is 0.354 e. The number of carbonyl (C=O) groups excluding carboxylic acids is 2. The average molecular weight is 287 g/mol. The van der Waals surface area contributed by atoms with Gasteiger partial charge >= 0.3 is 0 Å². The summed E-state index contributed by atoms with van der Waals surface area (Å²) in [6.45, 7) is 7.60. The minimum Gasteiger partial charge on any atom is -0.354 e. The molecule has 0 aromatic heterocycles. The quantitative estimate of drug-likeness (QED) is 0.615. The molecule has 0 aromatic rings. The van der Waals surface area contributed by atoms with Crippen LogP contribution >= 0.6 is 12.6 Å². The van der Waals surface area contributed by atoms with Gasteiger partial charge in [0.05, 0.1) is 0 Å². The summed E-state index contributed by atoms with van der Waals surface area (Å²) in [6.07, 6.45) is 2.25. The first kappa shape index (κ1) is 16.3. The number of nitrogens with one attached hydrogen (secondary N) is 2. The Morgan fingerprint density at radius 2 is 2.00 bits per heavy atom. The van der Waals surface area contributed by atoms with Crippen LogP contribution in [0.1, 0.15) is 26.7 Å². The van der Waals surface area contributed by atoms with Gasteiger partial charge < -0.3 is 15.5 Å². The number of hydrogen-bond donors (Lipinski definition) is 3. The molecule has 1 unspecified atom stereocenters. The van der Waals surface area contributed by atoms with Crippen molar-refractivity contribution in [3.63, 3.8) is 0 Å². The van der Waals surface area contributed by atoms with Crippen molar-refractivity contribution in [1.82, 2.24) is 15.5 Å². The van der Waals surface area contributed by atoms with Gasteiger partial charge in [-0.25, -0.2) is 0 Å². The van der Waals surface area contributed by atoms with Gasteiger partial charge in [-0.15, -0.1) is 0 Å². The maximum Gasteiger partial charge on any atom is 0.243 e. The number of nitrogens with zero attached hydrogens (tertiary/aromatic N) is 1. The zero-order valence-corrected chi connectivity index (χ0v) is 12.7. The lowest BCUT2D eigenvalue weighted by atomic mass is 9.97. The highest BCUT2D eigenvalue weighted by Crippen LogP contribution is 2.15. The first-order valence-electron chi connectivity index (χ1n) is 6.94. The van der Waals surface area contributed by atoms with Gasteiger partial charge in [0.25, 0.3) is 0 Å². The summed E-state index contributed by atoms with van der Waals surface area (Å²) in [5.74, 6) is 0.526. The van der Waals surface area contributed by atoms with Crippen LogP contribution in [0, 0.1) is 5.92 Å². The fraction of sp³-hybridized carbons (Fsp3) is 0.846. The molecule has 1 fully saturated rings. The van der Waals surface area contributed by atoms with E-state index in [0.29, 0.717) is 18.2 Å². The van der Waals surface area contributed by atoms with E-state index in [9.17, 15) is 9.59 Å². The van der Waals surface area contributed by atoms with Crippen LogP contribution in [-0.2, 0) is 9.59 Å². The van der Waals surface area contributed by atoms with Crippen molar-refractivity contribution in [1.29, 1.82) is 0 Å². The van der Waals surface area contributed by atoms with Gasteiger partial charge in [0.2, 0.25) is 11.8 Å². The number of thiol groups is 1. The summed E-state index contributed by atoms with van der Waals surface area (Å²) < 4.78 is 0. The predicted molar refractivity (Wildman–Crippen MR) is 79.3 cm³/mol. The summed E-state index contributed by atoms with van der Waals surface area (Å²) in [7, 11) is 0. The highest BCUT2D eigenvalue weighted by molar-refractivity contribution is 7.80. The van der Waals surface area contributed by atoms with Crippen LogP contribution in [0.4, 0.5) is 0 Å². The Morgan fingerprint density at radius 1 is 1.37 bits per heavy atom. The van der Waals surface area contributed by atoms with Crippen LogP contribution in [-0.4, -0.2) is 54.7 Å². The molecular weight excluding hydrogens is 262 g/mol. The third kappa shape index (κ3) is 5.82. The minimum absolute atomic E-state index is 0.136. The summed E-state index contributed by atoms with van der Waals surface area (Å²) in [6, 6.07) is -0.531. The molecule has 0 aromatic carbocycles. The van der Waals surface area contributed by atoms with Gasteiger partial charge in [0.1, 0.15) is 6.04 Å². The molecule has 0 bridgehead atoms. The third-order valence-corrected chi connectivity index (χ3v) is 3.96. The Morgan fingerprint density at radius 3 is 2.47 bits per heavy atom. The van der Waals surface area contributed by atoms with E-state index >= 15 is 0 Å². The van der Waals surface area contributed by atoms with E-state index in [1.165, 1.54) is 6.92 Å². The van der Waals surface area contributed by atoms with Crippen LogP contribution in [0.25, 0.3) is 0 Å². The lowest BCUT2D eigenvalue weighted by molar-refractivity contribution is -0.127. The van der Waals surface area contributed by atoms with E-state index in [1.54, 1.807) is 0 Å². The normalized spacial score (nSPS) is 18.9. The molecule has 0 spiro atoms. The van der Waals surface area contributed by atoms with Crippen LogP contribution in [0.3, 0.4) is 0 Å². The Kier molecular flexibility index (Phi) is 7.23. The number of amides is 2. The third-order valence-electron chi connectivity index (χ3n) is 3.60. The van der Waals surface area contributed by atoms with Gasteiger partial charge in [-0.2, -0.15) is 12.6 Å². The lowest BCUT2D eigenvalue weighted by Gasteiger charge is -2.31. The van der Waals surface area contributed by atoms with E-state index < -0.39 is 6.04 Å². The molecule has 19 heavy (non-hydrogen) atoms. The molecule has 0 saturated carbocycles. The number of piperidine rings is 1. The first-order valence-corrected chi connectivity index (χ1v) is 7.58. The van der Waals surface area contributed by atoms with Crippen LogP contribution in [0.15, 0.2) is 0 Å². The molecule has 5 nitrogen and oxygen atoms in total. The van der Waals surface area contributed by atoms with Crippen molar-refractivity contribution < 1.29 is 9.59 Å². The molecule has 1 aliphatic rings. The summed E-state index contributed by atoms with van der Waals surface area (Å²) in [5, 5.41) is 5.52. The molecule has 0 radical (unpaired) electrons.